The molecule has 7 nitrogen and oxygen atoms in total. The van der Waals surface area contributed by atoms with Gasteiger partial charge in [-0.2, -0.15) is 0 Å². The third-order valence-electron chi connectivity index (χ3n) is 3.22. The van der Waals surface area contributed by atoms with E-state index in [-0.39, 0.29) is 25.6 Å². The summed E-state index contributed by atoms with van der Waals surface area (Å²) in [5, 5.41) is 4.97. The highest BCUT2D eigenvalue weighted by molar-refractivity contribution is 7.99. The molecule has 1 aromatic carbocycles. The molecule has 0 aliphatic heterocycles. The molecule has 8 heteroatoms. The largest absolute Gasteiger partial charge is 0.450 e. The van der Waals surface area contributed by atoms with Gasteiger partial charge in [0.05, 0.1) is 25.4 Å². The number of amides is 3. The van der Waals surface area contributed by atoms with Crippen molar-refractivity contribution in [2.45, 2.75) is 18.7 Å². The van der Waals surface area contributed by atoms with E-state index in [0.29, 0.717) is 6.54 Å². The molecule has 0 bridgehead atoms. The molecule has 26 heavy (non-hydrogen) atoms. The van der Waals surface area contributed by atoms with E-state index >= 15 is 0 Å². The fourth-order valence-corrected chi connectivity index (χ4v) is 2.79. The minimum Gasteiger partial charge on any atom is -0.450 e. The predicted octanol–water partition coefficient (Wildman–Crippen LogP) is 2.50. The van der Waals surface area contributed by atoms with E-state index < -0.39 is 12.0 Å². The maximum Gasteiger partial charge on any atom is 0.413 e. The quantitative estimate of drug-likeness (QED) is 0.480. The molecule has 3 amide bonds. The zero-order valence-electron chi connectivity index (χ0n) is 15.1. The van der Waals surface area contributed by atoms with Gasteiger partial charge >= 0.3 is 6.09 Å². The lowest BCUT2D eigenvalue weighted by Gasteiger charge is -2.19. The summed E-state index contributed by atoms with van der Waals surface area (Å²) in [5.74, 6) is -0.00961. The Bertz CT molecular complexity index is 637. The van der Waals surface area contributed by atoms with Crippen molar-refractivity contribution < 1.29 is 19.1 Å². The Balaban J connectivity index is 2.58. The molecule has 0 radical (unpaired) electrons. The number of rotatable bonds is 10. The molecular formula is C18H25N3O4S. The first-order valence-corrected chi connectivity index (χ1v) is 9.30. The number of hydrogen-bond donors (Lipinski definition) is 2. The SMILES string of the molecule is C=CCSc1ccccc1NC(=O)CN(CC)CC(=O)NC(=O)OCC. The highest BCUT2D eigenvalue weighted by atomic mass is 32.2. The summed E-state index contributed by atoms with van der Waals surface area (Å²) in [7, 11) is 0. The van der Waals surface area contributed by atoms with Crippen molar-refractivity contribution in [1.29, 1.82) is 0 Å². The number of benzene rings is 1. The van der Waals surface area contributed by atoms with Gasteiger partial charge in [-0.05, 0) is 25.6 Å². The molecule has 0 saturated heterocycles. The summed E-state index contributed by atoms with van der Waals surface area (Å²) in [4.78, 5) is 37.9. The van der Waals surface area contributed by atoms with Crippen LogP contribution in [0.5, 0.6) is 0 Å². The molecule has 0 unspecified atom stereocenters. The number of likely N-dealkylation sites (N-methyl/N-ethyl adjacent to an activating group) is 1. The van der Waals surface area contributed by atoms with E-state index in [4.69, 9.17) is 0 Å². The van der Waals surface area contributed by atoms with Crippen LogP contribution in [0.25, 0.3) is 0 Å². The lowest BCUT2D eigenvalue weighted by molar-refractivity contribution is -0.122. The molecule has 0 aliphatic carbocycles. The molecule has 1 aromatic rings. The van der Waals surface area contributed by atoms with Gasteiger partial charge in [-0.25, -0.2) is 4.79 Å². The van der Waals surface area contributed by atoms with Gasteiger partial charge in [-0.1, -0.05) is 25.1 Å². The number of nitrogens with zero attached hydrogens (tertiary/aromatic N) is 1. The minimum atomic E-state index is -0.786. The number of anilines is 1. The molecule has 0 spiro atoms. The summed E-state index contributed by atoms with van der Waals surface area (Å²) in [6.45, 7) is 7.80. The molecule has 0 fully saturated rings. The van der Waals surface area contributed by atoms with Crippen molar-refractivity contribution in [3.63, 3.8) is 0 Å². The van der Waals surface area contributed by atoms with E-state index in [2.05, 4.69) is 21.9 Å². The van der Waals surface area contributed by atoms with E-state index in [1.807, 2.05) is 31.2 Å². The Morgan fingerprint density at radius 3 is 2.54 bits per heavy atom. The first-order valence-electron chi connectivity index (χ1n) is 8.31. The third kappa shape index (κ3) is 8.17. The van der Waals surface area contributed by atoms with Crippen LogP contribution >= 0.6 is 11.8 Å². The molecule has 0 atom stereocenters. The van der Waals surface area contributed by atoms with Crippen LogP contribution < -0.4 is 10.6 Å². The second-order valence-corrected chi connectivity index (χ2v) is 6.28. The molecule has 0 heterocycles. The van der Waals surface area contributed by atoms with Crippen LogP contribution in [-0.4, -0.2) is 54.8 Å². The zero-order valence-corrected chi connectivity index (χ0v) is 15.9. The Morgan fingerprint density at radius 1 is 1.19 bits per heavy atom. The van der Waals surface area contributed by atoms with Crippen molar-refractivity contribution in [2.24, 2.45) is 0 Å². The number of alkyl carbamates (subject to hydrolysis) is 1. The number of ether oxygens (including phenoxy) is 1. The molecule has 142 valence electrons. The van der Waals surface area contributed by atoms with E-state index in [9.17, 15) is 14.4 Å². The average Bonchev–Trinajstić information content (AvgIpc) is 2.60. The molecule has 2 N–H and O–H groups in total. The van der Waals surface area contributed by atoms with Gasteiger partial charge in [0.1, 0.15) is 0 Å². The van der Waals surface area contributed by atoms with Crippen LogP contribution in [0.4, 0.5) is 10.5 Å². The number of thioether (sulfide) groups is 1. The Labute approximate surface area is 158 Å². The summed E-state index contributed by atoms with van der Waals surface area (Å²) in [6.07, 6.45) is 1.01. The number of imide groups is 1. The van der Waals surface area contributed by atoms with Crippen molar-refractivity contribution in [1.82, 2.24) is 10.2 Å². The molecule has 0 aliphatic rings. The molecule has 0 aromatic heterocycles. The van der Waals surface area contributed by atoms with Gasteiger partial charge in [0.25, 0.3) is 0 Å². The third-order valence-corrected chi connectivity index (χ3v) is 4.29. The van der Waals surface area contributed by atoms with E-state index in [0.717, 1.165) is 16.3 Å². The van der Waals surface area contributed by atoms with Gasteiger partial charge in [-0.3, -0.25) is 19.8 Å². The predicted molar refractivity (Wildman–Crippen MR) is 103 cm³/mol. The summed E-state index contributed by atoms with van der Waals surface area (Å²) in [5.41, 5.74) is 0.719. The molecular weight excluding hydrogens is 354 g/mol. The maximum absolute atomic E-state index is 12.3. The van der Waals surface area contributed by atoms with Gasteiger partial charge < -0.3 is 10.1 Å². The van der Waals surface area contributed by atoms with Crippen molar-refractivity contribution in [3.8, 4) is 0 Å². The maximum atomic E-state index is 12.3. The van der Waals surface area contributed by atoms with Crippen LogP contribution in [0, 0.1) is 0 Å². The lowest BCUT2D eigenvalue weighted by atomic mass is 10.3. The average molecular weight is 379 g/mol. The van der Waals surface area contributed by atoms with Gasteiger partial charge in [0.15, 0.2) is 0 Å². The zero-order chi connectivity index (χ0) is 19.4. The Morgan fingerprint density at radius 2 is 1.88 bits per heavy atom. The van der Waals surface area contributed by atoms with Gasteiger partial charge in [0.2, 0.25) is 11.8 Å². The summed E-state index contributed by atoms with van der Waals surface area (Å²) < 4.78 is 4.66. The summed E-state index contributed by atoms with van der Waals surface area (Å²) >= 11 is 1.57. The van der Waals surface area contributed by atoms with Crippen LogP contribution in [0.3, 0.4) is 0 Å². The standard InChI is InChI=1S/C18H25N3O4S/c1-4-11-26-15-10-8-7-9-14(15)19-16(22)12-21(5-2)13-17(23)20-18(24)25-6-3/h4,7-10H,1,5-6,11-13H2,2-3H3,(H,19,22)(H,20,23,24). The van der Waals surface area contributed by atoms with Crippen molar-refractivity contribution in [2.75, 3.05) is 37.3 Å². The number of hydrogen-bond acceptors (Lipinski definition) is 6. The molecule has 1 rings (SSSR count). The topological polar surface area (TPSA) is 87.7 Å². The lowest BCUT2D eigenvalue weighted by Crippen LogP contribution is -2.43. The Hall–Kier alpha value is -2.32. The van der Waals surface area contributed by atoms with Crippen LogP contribution in [0.2, 0.25) is 0 Å². The first-order chi connectivity index (χ1) is 12.5. The first kappa shape index (κ1) is 21.7. The molecule has 0 saturated carbocycles. The van der Waals surface area contributed by atoms with Crippen LogP contribution in [0.1, 0.15) is 13.8 Å². The number of carbonyl (C=O) groups excluding carboxylic acids is 3. The van der Waals surface area contributed by atoms with Crippen molar-refractivity contribution in [3.05, 3.63) is 36.9 Å². The normalized spacial score (nSPS) is 10.3. The van der Waals surface area contributed by atoms with Gasteiger partial charge in [-0.15, -0.1) is 18.3 Å². The second kappa shape index (κ2) is 12.1. The van der Waals surface area contributed by atoms with E-state index in [1.165, 1.54) is 0 Å². The fraction of sp³-hybridized carbons (Fsp3) is 0.389. The van der Waals surface area contributed by atoms with E-state index in [1.54, 1.807) is 29.7 Å². The van der Waals surface area contributed by atoms with Crippen molar-refractivity contribution >= 4 is 35.4 Å². The number of carbonyl (C=O) groups is 3. The second-order valence-electron chi connectivity index (χ2n) is 5.22. The minimum absolute atomic E-state index is 0.0349. The highest BCUT2D eigenvalue weighted by Gasteiger charge is 2.16. The smallest absolute Gasteiger partial charge is 0.413 e. The van der Waals surface area contributed by atoms with Gasteiger partial charge in [0, 0.05) is 10.6 Å². The number of para-hydroxylation sites is 1. The monoisotopic (exact) mass is 379 g/mol. The Kier molecular flexibility index (Phi) is 10.1. The highest BCUT2D eigenvalue weighted by Crippen LogP contribution is 2.26. The van der Waals surface area contributed by atoms with Crippen LogP contribution in [0.15, 0.2) is 41.8 Å². The number of nitrogens with one attached hydrogen (secondary N) is 2. The van der Waals surface area contributed by atoms with Crippen LogP contribution in [-0.2, 0) is 14.3 Å². The summed E-state index contributed by atoms with van der Waals surface area (Å²) in [6, 6.07) is 7.50. The fourth-order valence-electron chi connectivity index (χ4n) is 2.04.